The molecule has 0 aliphatic heterocycles. The third-order valence-corrected chi connectivity index (χ3v) is 6.61. The lowest BCUT2D eigenvalue weighted by atomic mass is 9.87. The van der Waals surface area contributed by atoms with E-state index in [2.05, 4.69) is 19.2 Å². The average Bonchev–Trinajstić information content (AvgIpc) is 3.01. The van der Waals surface area contributed by atoms with Crippen molar-refractivity contribution in [3.05, 3.63) is 59.2 Å². The summed E-state index contributed by atoms with van der Waals surface area (Å²) in [5, 5.41) is 4.79. The van der Waals surface area contributed by atoms with Crippen LogP contribution >= 0.6 is 22.9 Å². The molecule has 1 fully saturated rings. The highest BCUT2D eigenvalue weighted by Gasteiger charge is 2.26. The molecule has 1 saturated carbocycles. The molecule has 0 amide bonds. The molecule has 2 unspecified atom stereocenters. The van der Waals surface area contributed by atoms with Crippen LogP contribution in [0.2, 0.25) is 0 Å². The molecule has 1 aromatic heterocycles. The zero-order valence-corrected chi connectivity index (χ0v) is 17.7. The molecule has 1 aliphatic carbocycles. The lowest BCUT2D eigenvalue weighted by Crippen LogP contribution is -2.31. The highest BCUT2D eigenvalue weighted by molar-refractivity contribution is 7.16. The summed E-state index contributed by atoms with van der Waals surface area (Å²) in [6.07, 6.45) is 3.21. The van der Waals surface area contributed by atoms with Crippen molar-refractivity contribution in [3.8, 4) is 22.4 Å². The van der Waals surface area contributed by atoms with Gasteiger partial charge >= 0.3 is 0 Å². The quantitative estimate of drug-likeness (QED) is 0.459. The van der Waals surface area contributed by atoms with Crippen molar-refractivity contribution in [2.75, 3.05) is 5.32 Å². The van der Waals surface area contributed by atoms with Crippen LogP contribution < -0.4 is 5.32 Å². The first-order chi connectivity index (χ1) is 13.5. The number of aryl methyl sites for hydroxylation is 1. The van der Waals surface area contributed by atoms with Crippen LogP contribution in [0.25, 0.3) is 22.4 Å². The molecule has 28 heavy (non-hydrogen) atoms. The molecule has 2 nitrogen and oxygen atoms in total. The number of halogens is 2. The maximum absolute atomic E-state index is 14.0. The molecule has 0 bridgehead atoms. The van der Waals surface area contributed by atoms with Crippen LogP contribution in [-0.2, 0) is 0 Å². The molecule has 1 heterocycles. The molecule has 0 saturated heterocycles. The summed E-state index contributed by atoms with van der Waals surface area (Å²) in [7, 11) is 0. The largest absolute Gasteiger partial charge is 0.359 e. The molecule has 3 atom stereocenters. The molecule has 0 radical (unpaired) electrons. The van der Waals surface area contributed by atoms with Crippen LogP contribution in [0.3, 0.4) is 0 Å². The Morgan fingerprint density at radius 2 is 1.75 bits per heavy atom. The fraction of sp³-hybridized carbons (Fsp3) is 0.348. The molecular formula is C23H24ClFN2S. The predicted molar refractivity (Wildman–Crippen MR) is 118 cm³/mol. The van der Waals surface area contributed by atoms with E-state index in [1.54, 1.807) is 23.5 Å². The highest BCUT2D eigenvalue weighted by Crippen LogP contribution is 2.35. The van der Waals surface area contributed by atoms with Crippen molar-refractivity contribution in [1.82, 2.24) is 4.98 Å². The lowest BCUT2D eigenvalue weighted by Gasteiger charge is -2.30. The number of aromatic nitrogens is 1. The van der Waals surface area contributed by atoms with Crippen molar-refractivity contribution in [2.24, 2.45) is 5.92 Å². The Hall–Kier alpha value is -1.91. The van der Waals surface area contributed by atoms with Crippen LogP contribution in [0, 0.1) is 18.7 Å². The molecule has 0 spiro atoms. The maximum Gasteiger partial charge on any atom is 0.183 e. The standard InChI is InChI=1S/C23H24ClFN2S/c1-14-11-18(24)13-19(12-14)26-23-27-22(15(2)28-23)17-9-7-16(8-10-17)20-5-3-4-6-21(20)25/h3-10,14,18-19H,11-13H2,1-2H3,(H,26,27)/t14?,18-,19?/m1/s1. The second-order valence-corrected chi connectivity index (χ2v) is 9.55. The number of rotatable bonds is 4. The lowest BCUT2D eigenvalue weighted by molar-refractivity contribution is 0.363. The summed E-state index contributed by atoms with van der Waals surface area (Å²) in [5.74, 6) is 0.436. The zero-order chi connectivity index (χ0) is 19.7. The Labute approximate surface area is 174 Å². The summed E-state index contributed by atoms with van der Waals surface area (Å²) in [6, 6.07) is 15.2. The minimum Gasteiger partial charge on any atom is -0.359 e. The SMILES string of the molecule is Cc1sc(NC2CC(C)C[C@@H](Cl)C2)nc1-c1ccc(-c2ccccc2F)cc1. The number of hydrogen-bond donors (Lipinski definition) is 1. The van der Waals surface area contributed by atoms with E-state index in [4.69, 9.17) is 16.6 Å². The van der Waals surface area contributed by atoms with Crippen molar-refractivity contribution in [2.45, 2.75) is 44.5 Å². The topological polar surface area (TPSA) is 24.9 Å². The van der Waals surface area contributed by atoms with Crippen LogP contribution in [0.4, 0.5) is 9.52 Å². The van der Waals surface area contributed by atoms with Crippen molar-refractivity contribution in [1.29, 1.82) is 0 Å². The van der Waals surface area contributed by atoms with E-state index in [-0.39, 0.29) is 11.2 Å². The molecular weight excluding hydrogens is 391 g/mol. The Morgan fingerprint density at radius 3 is 2.46 bits per heavy atom. The van der Waals surface area contributed by atoms with E-state index in [0.29, 0.717) is 17.5 Å². The van der Waals surface area contributed by atoms with Gasteiger partial charge in [-0.05, 0) is 43.7 Å². The zero-order valence-electron chi connectivity index (χ0n) is 16.1. The molecule has 5 heteroatoms. The second-order valence-electron chi connectivity index (χ2n) is 7.73. The number of hydrogen-bond acceptors (Lipinski definition) is 3. The minimum atomic E-state index is -0.203. The first kappa shape index (κ1) is 19.4. The van der Waals surface area contributed by atoms with Gasteiger partial charge in [-0.1, -0.05) is 49.4 Å². The van der Waals surface area contributed by atoms with Gasteiger partial charge in [0.1, 0.15) is 5.82 Å². The van der Waals surface area contributed by atoms with E-state index < -0.39 is 0 Å². The predicted octanol–water partition coefficient (Wildman–Crippen LogP) is 7.13. The summed E-state index contributed by atoms with van der Waals surface area (Å²) >= 11 is 8.08. The fourth-order valence-corrected chi connectivity index (χ4v) is 5.47. The van der Waals surface area contributed by atoms with E-state index >= 15 is 0 Å². The Kier molecular flexibility index (Phi) is 5.70. The monoisotopic (exact) mass is 414 g/mol. The molecule has 1 aliphatic rings. The third-order valence-electron chi connectivity index (χ3n) is 5.35. The van der Waals surface area contributed by atoms with E-state index in [1.807, 2.05) is 30.3 Å². The number of alkyl halides is 1. The van der Waals surface area contributed by atoms with Crippen LogP contribution in [0.15, 0.2) is 48.5 Å². The van der Waals surface area contributed by atoms with Gasteiger partial charge in [0, 0.05) is 27.4 Å². The summed E-state index contributed by atoms with van der Waals surface area (Å²) in [4.78, 5) is 6.01. The maximum atomic E-state index is 14.0. The smallest absolute Gasteiger partial charge is 0.183 e. The van der Waals surface area contributed by atoms with Gasteiger partial charge in [-0.25, -0.2) is 9.37 Å². The van der Waals surface area contributed by atoms with Crippen LogP contribution in [-0.4, -0.2) is 16.4 Å². The van der Waals surface area contributed by atoms with Crippen molar-refractivity contribution in [3.63, 3.8) is 0 Å². The van der Waals surface area contributed by atoms with E-state index in [9.17, 15) is 4.39 Å². The molecule has 2 aromatic carbocycles. The summed E-state index contributed by atoms with van der Waals surface area (Å²) < 4.78 is 14.0. The Balaban J connectivity index is 1.53. The Morgan fingerprint density at radius 1 is 1.04 bits per heavy atom. The molecule has 146 valence electrons. The van der Waals surface area contributed by atoms with Gasteiger partial charge in [-0.2, -0.15) is 0 Å². The van der Waals surface area contributed by atoms with Gasteiger partial charge < -0.3 is 5.32 Å². The third kappa shape index (κ3) is 4.23. The van der Waals surface area contributed by atoms with Crippen LogP contribution in [0.1, 0.15) is 31.1 Å². The number of benzene rings is 2. The average molecular weight is 415 g/mol. The van der Waals surface area contributed by atoms with Gasteiger partial charge in [0.25, 0.3) is 0 Å². The van der Waals surface area contributed by atoms with Gasteiger partial charge in [0.15, 0.2) is 5.13 Å². The first-order valence-corrected chi connectivity index (χ1v) is 11.0. The minimum absolute atomic E-state index is 0.203. The van der Waals surface area contributed by atoms with Gasteiger partial charge in [-0.15, -0.1) is 22.9 Å². The number of nitrogens with one attached hydrogen (secondary N) is 1. The number of thiazole rings is 1. The fourth-order valence-electron chi connectivity index (χ4n) is 4.04. The summed E-state index contributed by atoms with van der Waals surface area (Å²) in [6.45, 7) is 4.36. The summed E-state index contributed by atoms with van der Waals surface area (Å²) in [5.41, 5.74) is 3.53. The number of anilines is 1. The van der Waals surface area contributed by atoms with Gasteiger partial charge in [0.05, 0.1) is 5.69 Å². The Bertz CT molecular complexity index is 943. The molecule has 1 N–H and O–H groups in total. The molecule has 3 aromatic rings. The highest BCUT2D eigenvalue weighted by atomic mass is 35.5. The van der Waals surface area contributed by atoms with E-state index in [0.717, 1.165) is 41.2 Å². The van der Waals surface area contributed by atoms with E-state index in [1.165, 1.54) is 10.9 Å². The van der Waals surface area contributed by atoms with Crippen molar-refractivity contribution < 1.29 is 4.39 Å². The van der Waals surface area contributed by atoms with Crippen molar-refractivity contribution >= 4 is 28.1 Å². The first-order valence-electron chi connectivity index (χ1n) is 9.73. The van der Waals surface area contributed by atoms with Gasteiger partial charge in [0.2, 0.25) is 0 Å². The second kappa shape index (κ2) is 8.22. The number of nitrogens with zero attached hydrogens (tertiary/aromatic N) is 1. The normalized spacial score (nSPS) is 22.2. The van der Waals surface area contributed by atoms with Crippen LogP contribution in [0.5, 0.6) is 0 Å². The van der Waals surface area contributed by atoms with Gasteiger partial charge in [-0.3, -0.25) is 0 Å². The molecule has 4 rings (SSSR count).